The number of hydrogen-bond acceptors (Lipinski definition) is 3. The summed E-state index contributed by atoms with van der Waals surface area (Å²) in [5.74, 6) is 1.93. The molecular weight excluding hydrogens is 274 g/mol. The summed E-state index contributed by atoms with van der Waals surface area (Å²) in [6.45, 7) is 4.86. The average Bonchev–Trinajstić information content (AvgIpc) is 2.51. The number of benzene rings is 2. The van der Waals surface area contributed by atoms with Crippen molar-refractivity contribution in [2.45, 2.75) is 26.2 Å². The minimum atomic E-state index is 0.279. The van der Waals surface area contributed by atoms with Crippen molar-refractivity contribution in [2.75, 3.05) is 20.8 Å². The third-order valence-corrected chi connectivity index (χ3v) is 3.96. The number of methoxy groups -OCH3 is 2. The van der Waals surface area contributed by atoms with E-state index >= 15 is 0 Å². The van der Waals surface area contributed by atoms with E-state index in [1.165, 1.54) is 16.7 Å². The zero-order valence-electron chi connectivity index (χ0n) is 13.8. The molecule has 0 saturated heterocycles. The molecule has 3 nitrogen and oxygen atoms in total. The Morgan fingerprint density at radius 3 is 2.18 bits per heavy atom. The Kier molecular flexibility index (Phi) is 5.45. The molecule has 2 aromatic carbocycles. The van der Waals surface area contributed by atoms with Gasteiger partial charge in [-0.2, -0.15) is 0 Å². The van der Waals surface area contributed by atoms with Crippen LogP contribution in [0.2, 0.25) is 0 Å². The van der Waals surface area contributed by atoms with Crippen molar-refractivity contribution in [2.24, 2.45) is 5.73 Å². The molecule has 2 N–H and O–H groups in total. The Bertz CT molecular complexity index is 617. The fourth-order valence-corrected chi connectivity index (χ4v) is 2.87. The standard InChI is InChI=1S/C19H25NO2/c1-13-7-14(2)9-16(8-13)17(12-20)10-15-5-6-18(21-3)11-19(15)22-4/h5-9,11,17H,10,12,20H2,1-4H3. The Labute approximate surface area is 133 Å². The third-order valence-electron chi connectivity index (χ3n) is 3.96. The van der Waals surface area contributed by atoms with Gasteiger partial charge in [-0.3, -0.25) is 0 Å². The predicted octanol–water partition coefficient (Wildman–Crippen LogP) is 3.61. The molecule has 0 saturated carbocycles. The maximum absolute atomic E-state index is 6.03. The van der Waals surface area contributed by atoms with Crippen LogP contribution in [0.5, 0.6) is 11.5 Å². The van der Waals surface area contributed by atoms with Crippen LogP contribution < -0.4 is 15.2 Å². The highest BCUT2D eigenvalue weighted by Gasteiger charge is 2.15. The van der Waals surface area contributed by atoms with E-state index in [0.29, 0.717) is 6.54 Å². The van der Waals surface area contributed by atoms with Crippen LogP contribution in [0.25, 0.3) is 0 Å². The number of ether oxygens (including phenoxy) is 2. The molecule has 0 amide bonds. The summed E-state index contributed by atoms with van der Waals surface area (Å²) in [5, 5.41) is 0. The van der Waals surface area contributed by atoms with E-state index in [2.05, 4.69) is 38.1 Å². The lowest BCUT2D eigenvalue weighted by molar-refractivity contribution is 0.390. The lowest BCUT2D eigenvalue weighted by atomic mass is 9.89. The molecule has 0 bridgehead atoms. The van der Waals surface area contributed by atoms with Gasteiger partial charge in [0.2, 0.25) is 0 Å². The van der Waals surface area contributed by atoms with Gasteiger partial charge in [0.25, 0.3) is 0 Å². The summed E-state index contributed by atoms with van der Waals surface area (Å²) in [4.78, 5) is 0. The van der Waals surface area contributed by atoms with Gasteiger partial charge in [-0.15, -0.1) is 0 Å². The molecule has 3 heteroatoms. The molecule has 0 fully saturated rings. The highest BCUT2D eigenvalue weighted by Crippen LogP contribution is 2.30. The van der Waals surface area contributed by atoms with E-state index in [1.807, 2.05) is 12.1 Å². The van der Waals surface area contributed by atoms with Crippen LogP contribution in [0.4, 0.5) is 0 Å². The molecule has 2 rings (SSSR count). The van der Waals surface area contributed by atoms with Crippen LogP contribution in [0.3, 0.4) is 0 Å². The van der Waals surface area contributed by atoms with E-state index in [4.69, 9.17) is 15.2 Å². The molecule has 0 heterocycles. The molecule has 2 aromatic rings. The zero-order chi connectivity index (χ0) is 16.1. The van der Waals surface area contributed by atoms with E-state index in [9.17, 15) is 0 Å². The molecule has 118 valence electrons. The molecule has 0 aliphatic heterocycles. The van der Waals surface area contributed by atoms with Gasteiger partial charge >= 0.3 is 0 Å². The fraction of sp³-hybridized carbons (Fsp3) is 0.368. The Morgan fingerprint density at radius 1 is 0.955 bits per heavy atom. The second-order valence-corrected chi connectivity index (χ2v) is 5.74. The van der Waals surface area contributed by atoms with Crippen LogP contribution >= 0.6 is 0 Å². The third kappa shape index (κ3) is 3.80. The van der Waals surface area contributed by atoms with Crippen molar-refractivity contribution in [1.82, 2.24) is 0 Å². The van der Waals surface area contributed by atoms with Crippen molar-refractivity contribution in [3.63, 3.8) is 0 Å². The Balaban J connectivity index is 2.30. The normalized spacial score (nSPS) is 12.0. The van der Waals surface area contributed by atoms with E-state index < -0.39 is 0 Å². The highest BCUT2D eigenvalue weighted by molar-refractivity contribution is 5.42. The summed E-state index contributed by atoms with van der Waals surface area (Å²) < 4.78 is 10.8. The van der Waals surface area contributed by atoms with Crippen molar-refractivity contribution in [3.8, 4) is 11.5 Å². The molecule has 0 aromatic heterocycles. The average molecular weight is 299 g/mol. The monoisotopic (exact) mass is 299 g/mol. The molecule has 22 heavy (non-hydrogen) atoms. The minimum Gasteiger partial charge on any atom is -0.497 e. The SMILES string of the molecule is COc1ccc(CC(CN)c2cc(C)cc(C)c2)c(OC)c1. The Morgan fingerprint density at radius 2 is 1.64 bits per heavy atom. The van der Waals surface area contributed by atoms with Crippen LogP contribution in [0, 0.1) is 13.8 Å². The first-order valence-electron chi connectivity index (χ1n) is 7.56. The van der Waals surface area contributed by atoms with E-state index in [-0.39, 0.29) is 5.92 Å². The van der Waals surface area contributed by atoms with Crippen LogP contribution in [0.1, 0.15) is 28.2 Å². The van der Waals surface area contributed by atoms with Gasteiger partial charge in [-0.1, -0.05) is 35.4 Å². The number of nitrogens with two attached hydrogens (primary N) is 1. The molecule has 0 aliphatic rings. The summed E-state index contributed by atoms with van der Waals surface area (Å²) in [6, 6.07) is 12.6. The van der Waals surface area contributed by atoms with Crippen LogP contribution in [-0.4, -0.2) is 20.8 Å². The predicted molar refractivity (Wildman–Crippen MR) is 91.0 cm³/mol. The van der Waals surface area contributed by atoms with E-state index in [1.54, 1.807) is 14.2 Å². The minimum absolute atomic E-state index is 0.279. The van der Waals surface area contributed by atoms with Crippen LogP contribution in [-0.2, 0) is 6.42 Å². The first kappa shape index (κ1) is 16.4. The summed E-state index contributed by atoms with van der Waals surface area (Å²) in [6.07, 6.45) is 0.854. The second-order valence-electron chi connectivity index (χ2n) is 5.74. The summed E-state index contributed by atoms with van der Waals surface area (Å²) >= 11 is 0. The fourth-order valence-electron chi connectivity index (χ4n) is 2.87. The topological polar surface area (TPSA) is 44.5 Å². The van der Waals surface area contributed by atoms with Gasteiger partial charge in [0, 0.05) is 12.0 Å². The maximum Gasteiger partial charge on any atom is 0.125 e. The van der Waals surface area contributed by atoms with Gasteiger partial charge in [0.05, 0.1) is 14.2 Å². The lowest BCUT2D eigenvalue weighted by Gasteiger charge is -2.19. The summed E-state index contributed by atoms with van der Waals surface area (Å²) in [5.41, 5.74) is 11.0. The van der Waals surface area contributed by atoms with Gasteiger partial charge in [0.1, 0.15) is 11.5 Å². The van der Waals surface area contributed by atoms with Crippen molar-refractivity contribution >= 4 is 0 Å². The van der Waals surface area contributed by atoms with Gasteiger partial charge in [0.15, 0.2) is 0 Å². The largest absolute Gasteiger partial charge is 0.497 e. The summed E-state index contributed by atoms with van der Waals surface area (Å²) in [7, 11) is 3.35. The van der Waals surface area contributed by atoms with Crippen LogP contribution in [0.15, 0.2) is 36.4 Å². The smallest absolute Gasteiger partial charge is 0.125 e. The first-order chi connectivity index (χ1) is 10.6. The van der Waals surface area contributed by atoms with Gasteiger partial charge in [-0.25, -0.2) is 0 Å². The molecule has 1 unspecified atom stereocenters. The van der Waals surface area contributed by atoms with Gasteiger partial charge in [-0.05, 0) is 44.0 Å². The van der Waals surface area contributed by atoms with Gasteiger partial charge < -0.3 is 15.2 Å². The van der Waals surface area contributed by atoms with Crippen molar-refractivity contribution < 1.29 is 9.47 Å². The maximum atomic E-state index is 6.03. The lowest BCUT2D eigenvalue weighted by Crippen LogP contribution is -2.16. The first-order valence-corrected chi connectivity index (χ1v) is 7.56. The molecule has 1 atom stereocenters. The van der Waals surface area contributed by atoms with E-state index in [0.717, 1.165) is 23.5 Å². The molecule has 0 aliphatic carbocycles. The second kappa shape index (κ2) is 7.32. The van der Waals surface area contributed by atoms with Crippen molar-refractivity contribution in [3.05, 3.63) is 58.7 Å². The molecule has 0 radical (unpaired) electrons. The quantitative estimate of drug-likeness (QED) is 0.886. The van der Waals surface area contributed by atoms with Crippen molar-refractivity contribution in [1.29, 1.82) is 0 Å². The molecular formula is C19H25NO2. The Hall–Kier alpha value is -2.00. The number of rotatable bonds is 6. The highest BCUT2D eigenvalue weighted by atomic mass is 16.5. The molecule has 0 spiro atoms. The zero-order valence-corrected chi connectivity index (χ0v) is 13.8. The number of hydrogen-bond donors (Lipinski definition) is 1. The number of aryl methyl sites for hydroxylation is 2.